The van der Waals surface area contributed by atoms with Crippen molar-refractivity contribution in [2.45, 2.75) is 19.3 Å². The van der Waals surface area contributed by atoms with Gasteiger partial charge in [-0.05, 0) is 19.4 Å². The molecule has 2 nitrogen and oxygen atoms in total. The molecule has 1 aliphatic rings. The standard InChI is InChI=1S/C8H17NO/c1-9-5-7-10-6-4-8-2-3-8/h8-9H,2-7H2,1H3. The minimum Gasteiger partial charge on any atom is -0.380 e. The van der Waals surface area contributed by atoms with Crippen LogP contribution in [0.2, 0.25) is 0 Å². The summed E-state index contributed by atoms with van der Waals surface area (Å²) in [4.78, 5) is 0. The highest BCUT2D eigenvalue weighted by Crippen LogP contribution is 2.31. The van der Waals surface area contributed by atoms with Crippen LogP contribution in [-0.4, -0.2) is 26.8 Å². The predicted octanol–water partition coefficient (Wildman–Crippen LogP) is 1.02. The van der Waals surface area contributed by atoms with Gasteiger partial charge in [-0.3, -0.25) is 0 Å². The van der Waals surface area contributed by atoms with Crippen LogP contribution in [0.3, 0.4) is 0 Å². The van der Waals surface area contributed by atoms with E-state index < -0.39 is 0 Å². The lowest BCUT2D eigenvalue weighted by atomic mass is 10.3. The van der Waals surface area contributed by atoms with Crippen LogP contribution >= 0.6 is 0 Å². The smallest absolute Gasteiger partial charge is 0.0590 e. The first-order valence-corrected chi connectivity index (χ1v) is 4.16. The van der Waals surface area contributed by atoms with Crippen LogP contribution in [0, 0.1) is 5.92 Å². The maximum Gasteiger partial charge on any atom is 0.0590 e. The van der Waals surface area contributed by atoms with Crippen molar-refractivity contribution in [1.29, 1.82) is 0 Å². The van der Waals surface area contributed by atoms with Gasteiger partial charge in [-0.1, -0.05) is 12.8 Å². The Morgan fingerprint density at radius 1 is 1.40 bits per heavy atom. The average molecular weight is 143 g/mol. The molecule has 0 aromatic heterocycles. The van der Waals surface area contributed by atoms with Crippen molar-refractivity contribution >= 4 is 0 Å². The monoisotopic (exact) mass is 143 g/mol. The Morgan fingerprint density at radius 3 is 2.80 bits per heavy atom. The third-order valence-electron chi connectivity index (χ3n) is 1.86. The molecule has 0 atom stereocenters. The Bertz CT molecular complexity index is 81.3. The molecule has 1 fully saturated rings. The van der Waals surface area contributed by atoms with Crippen LogP contribution in [0.4, 0.5) is 0 Å². The maximum absolute atomic E-state index is 5.36. The lowest BCUT2D eigenvalue weighted by Crippen LogP contribution is -2.14. The second-order valence-corrected chi connectivity index (χ2v) is 2.95. The number of ether oxygens (including phenoxy) is 1. The predicted molar refractivity (Wildman–Crippen MR) is 42.1 cm³/mol. The second-order valence-electron chi connectivity index (χ2n) is 2.95. The fourth-order valence-electron chi connectivity index (χ4n) is 0.933. The molecular weight excluding hydrogens is 126 g/mol. The van der Waals surface area contributed by atoms with E-state index in [0.717, 1.165) is 25.7 Å². The summed E-state index contributed by atoms with van der Waals surface area (Å²) in [6.45, 7) is 2.81. The Kier molecular flexibility index (Phi) is 3.76. The van der Waals surface area contributed by atoms with Gasteiger partial charge in [0.2, 0.25) is 0 Å². The SMILES string of the molecule is CNCCOCCC1CC1. The van der Waals surface area contributed by atoms with Crippen molar-refractivity contribution in [3.63, 3.8) is 0 Å². The van der Waals surface area contributed by atoms with Crippen molar-refractivity contribution in [1.82, 2.24) is 5.32 Å². The highest BCUT2D eigenvalue weighted by atomic mass is 16.5. The Hall–Kier alpha value is -0.0800. The molecule has 0 aliphatic heterocycles. The summed E-state index contributed by atoms with van der Waals surface area (Å²) in [7, 11) is 1.95. The van der Waals surface area contributed by atoms with Gasteiger partial charge < -0.3 is 10.1 Å². The van der Waals surface area contributed by atoms with Crippen LogP contribution in [0.25, 0.3) is 0 Å². The molecule has 0 bridgehead atoms. The molecule has 0 radical (unpaired) electrons. The summed E-state index contributed by atoms with van der Waals surface area (Å²) in [5, 5.41) is 3.05. The van der Waals surface area contributed by atoms with E-state index >= 15 is 0 Å². The molecule has 1 aliphatic carbocycles. The first-order chi connectivity index (χ1) is 4.93. The molecule has 0 heterocycles. The Labute approximate surface area is 63.0 Å². The number of likely N-dealkylation sites (N-methyl/N-ethyl adjacent to an activating group) is 1. The fourth-order valence-corrected chi connectivity index (χ4v) is 0.933. The van der Waals surface area contributed by atoms with Gasteiger partial charge in [0.1, 0.15) is 0 Å². The zero-order valence-electron chi connectivity index (χ0n) is 6.73. The molecule has 0 amide bonds. The van der Waals surface area contributed by atoms with Crippen LogP contribution in [-0.2, 0) is 4.74 Å². The van der Waals surface area contributed by atoms with E-state index in [0.29, 0.717) is 0 Å². The first-order valence-electron chi connectivity index (χ1n) is 4.16. The molecule has 10 heavy (non-hydrogen) atoms. The highest BCUT2D eigenvalue weighted by Gasteiger charge is 2.20. The van der Waals surface area contributed by atoms with E-state index in [9.17, 15) is 0 Å². The molecule has 1 rings (SSSR count). The van der Waals surface area contributed by atoms with Gasteiger partial charge in [0.15, 0.2) is 0 Å². The van der Waals surface area contributed by atoms with E-state index in [1.807, 2.05) is 7.05 Å². The third-order valence-corrected chi connectivity index (χ3v) is 1.86. The zero-order chi connectivity index (χ0) is 7.23. The minimum atomic E-state index is 0.864. The van der Waals surface area contributed by atoms with E-state index in [2.05, 4.69) is 5.32 Å². The first kappa shape index (κ1) is 8.02. The minimum absolute atomic E-state index is 0.864. The van der Waals surface area contributed by atoms with E-state index in [1.54, 1.807) is 0 Å². The van der Waals surface area contributed by atoms with Gasteiger partial charge in [-0.25, -0.2) is 0 Å². The topological polar surface area (TPSA) is 21.3 Å². The third kappa shape index (κ3) is 3.85. The molecule has 0 aromatic rings. The summed E-state index contributed by atoms with van der Waals surface area (Å²) in [5.74, 6) is 1.01. The van der Waals surface area contributed by atoms with Crippen LogP contribution in [0.1, 0.15) is 19.3 Å². The van der Waals surface area contributed by atoms with Gasteiger partial charge in [0.05, 0.1) is 6.61 Å². The van der Waals surface area contributed by atoms with Gasteiger partial charge in [0.25, 0.3) is 0 Å². The van der Waals surface area contributed by atoms with E-state index in [4.69, 9.17) is 4.74 Å². The zero-order valence-corrected chi connectivity index (χ0v) is 6.73. The van der Waals surface area contributed by atoms with Gasteiger partial charge in [-0.15, -0.1) is 0 Å². The van der Waals surface area contributed by atoms with Crippen LogP contribution in [0.15, 0.2) is 0 Å². The van der Waals surface area contributed by atoms with Crippen molar-refractivity contribution in [2.24, 2.45) is 5.92 Å². The Morgan fingerprint density at radius 2 is 2.20 bits per heavy atom. The van der Waals surface area contributed by atoms with Crippen molar-refractivity contribution in [2.75, 3.05) is 26.8 Å². The largest absolute Gasteiger partial charge is 0.380 e. The number of hydrogen-bond acceptors (Lipinski definition) is 2. The van der Waals surface area contributed by atoms with E-state index in [1.165, 1.54) is 19.3 Å². The molecule has 1 saturated carbocycles. The summed E-state index contributed by atoms with van der Waals surface area (Å²) in [5.41, 5.74) is 0. The molecule has 0 saturated heterocycles. The summed E-state index contributed by atoms with van der Waals surface area (Å²) in [6, 6.07) is 0. The van der Waals surface area contributed by atoms with Gasteiger partial charge >= 0.3 is 0 Å². The second kappa shape index (κ2) is 4.69. The molecular formula is C8H17NO. The number of nitrogens with one attached hydrogen (secondary N) is 1. The summed E-state index contributed by atoms with van der Waals surface area (Å²) in [6.07, 6.45) is 4.16. The lowest BCUT2D eigenvalue weighted by Gasteiger charge is -2.01. The molecule has 0 aromatic carbocycles. The molecule has 0 unspecified atom stereocenters. The molecule has 2 heteroatoms. The summed E-state index contributed by atoms with van der Waals surface area (Å²) < 4.78 is 5.36. The van der Waals surface area contributed by atoms with Crippen molar-refractivity contribution in [3.05, 3.63) is 0 Å². The van der Waals surface area contributed by atoms with E-state index in [-0.39, 0.29) is 0 Å². The van der Waals surface area contributed by atoms with Crippen molar-refractivity contribution < 1.29 is 4.74 Å². The normalized spacial score (nSPS) is 17.7. The molecule has 60 valence electrons. The maximum atomic E-state index is 5.36. The van der Waals surface area contributed by atoms with Crippen LogP contribution in [0.5, 0.6) is 0 Å². The summed E-state index contributed by atoms with van der Waals surface area (Å²) >= 11 is 0. The quantitative estimate of drug-likeness (QED) is 0.561. The molecule has 1 N–H and O–H groups in total. The number of hydrogen-bond donors (Lipinski definition) is 1. The van der Waals surface area contributed by atoms with Crippen molar-refractivity contribution in [3.8, 4) is 0 Å². The van der Waals surface area contributed by atoms with Gasteiger partial charge in [0, 0.05) is 13.2 Å². The lowest BCUT2D eigenvalue weighted by molar-refractivity contribution is 0.131. The Balaban J connectivity index is 1.68. The highest BCUT2D eigenvalue weighted by molar-refractivity contribution is 4.72. The molecule has 0 spiro atoms. The van der Waals surface area contributed by atoms with Gasteiger partial charge in [-0.2, -0.15) is 0 Å². The fraction of sp³-hybridized carbons (Fsp3) is 1.00. The number of rotatable bonds is 6. The van der Waals surface area contributed by atoms with Crippen LogP contribution < -0.4 is 5.32 Å². The average Bonchev–Trinajstić information content (AvgIpc) is 2.71.